The van der Waals surface area contributed by atoms with Crippen LogP contribution in [-0.2, 0) is 6.54 Å². The monoisotopic (exact) mass is 284 g/mol. The van der Waals surface area contributed by atoms with Gasteiger partial charge in [-0.05, 0) is 57.8 Å². The topological polar surface area (TPSA) is 15.7 Å². The standard InChI is InChI=1S/C15H25ClN2O/c1-5-18(10-6-9-17(2)3)12-13-7-8-14(19-4)11-15(13)16/h7-8,11H,5-6,9-10,12H2,1-4H3. The van der Waals surface area contributed by atoms with Crippen molar-refractivity contribution < 1.29 is 4.74 Å². The molecule has 0 spiro atoms. The van der Waals surface area contributed by atoms with Crippen molar-refractivity contribution in [1.82, 2.24) is 9.80 Å². The highest BCUT2D eigenvalue weighted by Gasteiger charge is 2.08. The van der Waals surface area contributed by atoms with Gasteiger partial charge in [0.2, 0.25) is 0 Å². The Hall–Kier alpha value is -0.770. The van der Waals surface area contributed by atoms with Crippen LogP contribution in [0.25, 0.3) is 0 Å². The zero-order valence-corrected chi connectivity index (χ0v) is 13.2. The number of benzene rings is 1. The average molecular weight is 285 g/mol. The van der Waals surface area contributed by atoms with E-state index in [4.69, 9.17) is 16.3 Å². The van der Waals surface area contributed by atoms with Crippen molar-refractivity contribution in [3.8, 4) is 5.75 Å². The molecule has 1 aromatic carbocycles. The summed E-state index contributed by atoms with van der Waals surface area (Å²) in [6, 6.07) is 5.90. The maximum atomic E-state index is 6.28. The van der Waals surface area contributed by atoms with Gasteiger partial charge in [-0.25, -0.2) is 0 Å². The fraction of sp³-hybridized carbons (Fsp3) is 0.600. The molecule has 0 heterocycles. The Morgan fingerprint density at radius 1 is 1.21 bits per heavy atom. The molecule has 0 aromatic heterocycles. The second-order valence-electron chi connectivity index (χ2n) is 4.98. The highest BCUT2D eigenvalue weighted by Crippen LogP contribution is 2.23. The fourth-order valence-electron chi connectivity index (χ4n) is 1.98. The molecule has 0 aliphatic carbocycles. The van der Waals surface area contributed by atoms with Gasteiger partial charge in [-0.2, -0.15) is 0 Å². The third kappa shape index (κ3) is 5.81. The molecule has 4 heteroatoms. The van der Waals surface area contributed by atoms with E-state index in [0.29, 0.717) is 0 Å². The summed E-state index contributed by atoms with van der Waals surface area (Å²) in [6.45, 7) is 6.33. The van der Waals surface area contributed by atoms with Crippen LogP contribution in [-0.4, -0.2) is 50.6 Å². The SMILES string of the molecule is CCN(CCCN(C)C)Cc1ccc(OC)cc1Cl. The van der Waals surface area contributed by atoms with E-state index in [0.717, 1.165) is 42.5 Å². The summed E-state index contributed by atoms with van der Waals surface area (Å²) in [5.74, 6) is 0.810. The number of nitrogens with zero attached hydrogens (tertiary/aromatic N) is 2. The molecule has 3 nitrogen and oxygen atoms in total. The Kier molecular flexibility index (Phi) is 7.21. The first kappa shape index (κ1) is 16.3. The quantitative estimate of drug-likeness (QED) is 0.729. The lowest BCUT2D eigenvalue weighted by atomic mass is 10.2. The van der Waals surface area contributed by atoms with Crippen molar-refractivity contribution in [1.29, 1.82) is 0 Å². The summed E-state index contributed by atoms with van der Waals surface area (Å²) in [5.41, 5.74) is 1.16. The number of ether oxygens (including phenoxy) is 1. The molecule has 0 aliphatic heterocycles. The second-order valence-corrected chi connectivity index (χ2v) is 5.39. The Bertz CT molecular complexity index is 382. The van der Waals surface area contributed by atoms with Crippen LogP contribution in [0.15, 0.2) is 18.2 Å². The summed E-state index contributed by atoms with van der Waals surface area (Å²) in [4.78, 5) is 4.63. The van der Waals surface area contributed by atoms with Crippen molar-refractivity contribution >= 4 is 11.6 Å². The minimum Gasteiger partial charge on any atom is -0.497 e. The van der Waals surface area contributed by atoms with E-state index in [1.54, 1.807) is 7.11 Å². The van der Waals surface area contributed by atoms with E-state index in [-0.39, 0.29) is 0 Å². The molecule has 0 saturated carbocycles. The number of hydrogen-bond acceptors (Lipinski definition) is 3. The molecule has 0 saturated heterocycles. The highest BCUT2D eigenvalue weighted by molar-refractivity contribution is 6.31. The van der Waals surface area contributed by atoms with Gasteiger partial charge in [0.05, 0.1) is 7.11 Å². The van der Waals surface area contributed by atoms with Gasteiger partial charge >= 0.3 is 0 Å². The van der Waals surface area contributed by atoms with E-state index < -0.39 is 0 Å². The largest absolute Gasteiger partial charge is 0.497 e. The predicted molar refractivity (Wildman–Crippen MR) is 82.1 cm³/mol. The van der Waals surface area contributed by atoms with Crippen LogP contribution in [0.2, 0.25) is 5.02 Å². The molecule has 0 atom stereocenters. The van der Waals surface area contributed by atoms with Crippen molar-refractivity contribution in [2.45, 2.75) is 19.9 Å². The second kappa shape index (κ2) is 8.41. The highest BCUT2D eigenvalue weighted by atomic mass is 35.5. The molecule has 108 valence electrons. The molecule has 1 rings (SSSR count). The number of halogens is 1. The van der Waals surface area contributed by atoms with E-state index in [9.17, 15) is 0 Å². The molecule has 0 aliphatic rings. The normalized spacial score (nSPS) is 11.3. The van der Waals surface area contributed by atoms with Gasteiger partial charge in [0, 0.05) is 11.6 Å². The van der Waals surface area contributed by atoms with Gasteiger partial charge in [-0.15, -0.1) is 0 Å². The zero-order valence-electron chi connectivity index (χ0n) is 12.4. The number of hydrogen-bond donors (Lipinski definition) is 0. The van der Waals surface area contributed by atoms with Crippen LogP contribution in [0.3, 0.4) is 0 Å². The maximum Gasteiger partial charge on any atom is 0.120 e. The van der Waals surface area contributed by atoms with Crippen molar-refractivity contribution in [3.63, 3.8) is 0 Å². The summed E-state index contributed by atoms with van der Waals surface area (Å²) in [6.07, 6.45) is 1.18. The summed E-state index contributed by atoms with van der Waals surface area (Å²) in [5, 5.41) is 0.783. The summed E-state index contributed by atoms with van der Waals surface area (Å²) in [7, 11) is 5.87. The average Bonchev–Trinajstić information content (AvgIpc) is 2.39. The minimum atomic E-state index is 0.783. The van der Waals surface area contributed by atoms with Crippen LogP contribution in [0, 0.1) is 0 Å². The Labute approximate surface area is 122 Å². The third-order valence-electron chi connectivity index (χ3n) is 3.18. The Morgan fingerprint density at radius 2 is 1.95 bits per heavy atom. The number of rotatable bonds is 8. The van der Waals surface area contributed by atoms with Crippen LogP contribution in [0.1, 0.15) is 18.9 Å². The lowest BCUT2D eigenvalue weighted by molar-refractivity contribution is 0.259. The lowest BCUT2D eigenvalue weighted by Crippen LogP contribution is -2.27. The van der Waals surface area contributed by atoms with E-state index in [1.807, 2.05) is 12.1 Å². The fourth-order valence-corrected chi connectivity index (χ4v) is 2.21. The molecule has 0 amide bonds. The molecule has 0 radical (unpaired) electrons. The smallest absolute Gasteiger partial charge is 0.120 e. The Balaban J connectivity index is 2.55. The van der Waals surface area contributed by atoms with E-state index in [2.05, 4.69) is 36.9 Å². The number of methoxy groups -OCH3 is 1. The van der Waals surface area contributed by atoms with Crippen LogP contribution in [0.4, 0.5) is 0 Å². The van der Waals surface area contributed by atoms with Gasteiger partial charge < -0.3 is 9.64 Å². The van der Waals surface area contributed by atoms with Gasteiger partial charge in [-0.1, -0.05) is 24.6 Å². The van der Waals surface area contributed by atoms with Crippen LogP contribution in [0.5, 0.6) is 5.75 Å². The van der Waals surface area contributed by atoms with Crippen molar-refractivity contribution in [2.75, 3.05) is 40.8 Å². The molecular weight excluding hydrogens is 260 g/mol. The lowest BCUT2D eigenvalue weighted by Gasteiger charge is -2.22. The minimum absolute atomic E-state index is 0.783. The molecule has 0 fully saturated rings. The molecule has 0 unspecified atom stereocenters. The van der Waals surface area contributed by atoms with Crippen LogP contribution >= 0.6 is 11.6 Å². The van der Waals surface area contributed by atoms with Crippen molar-refractivity contribution in [3.05, 3.63) is 28.8 Å². The molecule has 0 N–H and O–H groups in total. The maximum absolute atomic E-state index is 6.28. The molecule has 19 heavy (non-hydrogen) atoms. The van der Waals surface area contributed by atoms with E-state index >= 15 is 0 Å². The van der Waals surface area contributed by atoms with Crippen molar-refractivity contribution in [2.24, 2.45) is 0 Å². The first-order valence-corrected chi connectivity index (χ1v) is 7.14. The molecule has 1 aromatic rings. The van der Waals surface area contributed by atoms with Gasteiger partial charge in [0.1, 0.15) is 5.75 Å². The first-order chi connectivity index (χ1) is 9.06. The first-order valence-electron chi connectivity index (χ1n) is 6.76. The van der Waals surface area contributed by atoms with Gasteiger partial charge in [-0.3, -0.25) is 4.90 Å². The third-order valence-corrected chi connectivity index (χ3v) is 3.53. The molecular formula is C15H25ClN2O. The molecule has 0 bridgehead atoms. The Morgan fingerprint density at radius 3 is 2.47 bits per heavy atom. The van der Waals surface area contributed by atoms with Crippen LogP contribution < -0.4 is 4.74 Å². The summed E-state index contributed by atoms with van der Waals surface area (Å²) < 4.78 is 5.17. The van der Waals surface area contributed by atoms with Gasteiger partial charge in [0.15, 0.2) is 0 Å². The summed E-state index contributed by atoms with van der Waals surface area (Å²) >= 11 is 6.28. The predicted octanol–water partition coefficient (Wildman–Crippen LogP) is 3.12. The van der Waals surface area contributed by atoms with E-state index in [1.165, 1.54) is 6.42 Å². The van der Waals surface area contributed by atoms with Gasteiger partial charge in [0.25, 0.3) is 0 Å². The zero-order chi connectivity index (χ0) is 14.3.